The first-order chi connectivity index (χ1) is 6.16. The molecule has 0 aromatic rings. The largest absolute Gasteiger partial charge is 0.395 e. The van der Waals surface area contributed by atoms with Gasteiger partial charge in [-0.2, -0.15) is 0 Å². The summed E-state index contributed by atoms with van der Waals surface area (Å²) in [6.07, 6.45) is 3.57. The number of aliphatic hydroxyl groups excluding tert-OH is 1. The molecule has 78 valence electrons. The Bertz CT molecular complexity index is 150. The summed E-state index contributed by atoms with van der Waals surface area (Å²) >= 11 is 0. The lowest BCUT2D eigenvalue weighted by atomic mass is 10.1. The van der Waals surface area contributed by atoms with Crippen LogP contribution in [0.1, 0.15) is 33.1 Å². The molecule has 13 heavy (non-hydrogen) atoms. The van der Waals surface area contributed by atoms with E-state index in [0.29, 0.717) is 18.1 Å². The zero-order chi connectivity index (χ0) is 9.84. The van der Waals surface area contributed by atoms with E-state index in [2.05, 4.69) is 18.7 Å². The number of aliphatic hydroxyl groups is 1. The number of nitrogens with two attached hydrogens (primary N) is 1. The zero-order valence-corrected chi connectivity index (χ0v) is 8.74. The maximum absolute atomic E-state index is 8.95. The second kappa shape index (κ2) is 4.94. The monoisotopic (exact) mass is 186 g/mol. The van der Waals surface area contributed by atoms with E-state index in [0.717, 1.165) is 13.0 Å². The fraction of sp³-hybridized carbons (Fsp3) is 1.00. The fourth-order valence-corrected chi connectivity index (χ4v) is 2.30. The Morgan fingerprint density at radius 3 is 2.54 bits per heavy atom. The van der Waals surface area contributed by atoms with Gasteiger partial charge in [-0.3, -0.25) is 4.90 Å². The molecule has 2 atom stereocenters. The second-order valence-electron chi connectivity index (χ2n) is 4.22. The molecule has 3 nitrogen and oxygen atoms in total. The Morgan fingerprint density at radius 2 is 2.15 bits per heavy atom. The molecule has 1 fully saturated rings. The molecule has 3 heteroatoms. The third-order valence-electron chi connectivity index (χ3n) is 2.98. The fourth-order valence-electron chi connectivity index (χ4n) is 2.30. The number of hydrogen-bond donors (Lipinski definition) is 2. The molecule has 0 saturated heterocycles. The molecule has 1 aliphatic rings. The lowest BCUT2D eigenvalue weighted by molar-refractivity contribution is 0.112. The van der Waals surface area contributed by atoms with E-state index in [4.69, 9.17) is 10.8 Å². The predicted octanol–water partition coefficient (Wildman–Crippen LogP) is 0.569. The minimum Gasteiger partial charge on any atom is -0.395 e. The predicted molar refractivity (Wildman–Crippen MR) is 54.5 cm³/mol. The molecular formula is C10H22N2O. The molecule has 3 N–H and O–H groups in total. The van der Waals surface area contributed by atoms with Crippen LogP contribution >= 0.6 is 0 Å². The van der Waals surface area contributed by atoms with Crippen LogP contribution in [0.25, 0.3) is 0 Å². The first-order valence-corrected chi connectivity index (χ1v) is 5.29. The van der Waals surface area contributed by atoms with Crippen LogP contribution in [0.2, 0.25) is 0 Å². The van der Waals surface area contributed by atoms with Gasteiger partial charge in [0, 0.05) is 24.7 Å². The highest BCUT2D eigenvalue weighted by Gasteiger charge is 2.30. The molecule has 0 bridgehead atoms. The molecule has 1 aliphatic carbocycles. The van der Waals surface area contributed by atoms with Crippen molar-refractivity contribution >= 4 is 0 Å². The lowest BCUT2D eigenvalue weighted by Gasteiger charge is -2.34. The molecule has 1 saturated carbocycles. The number of nitrogens with zero attached hydrogens (tertiary/aromatic N) is 1. The van der Waals surface area contributed by atoms with E-state index in [-0.39, 0.29) is 6.61 Å². The molecule has 0 aromatic carbocycles. The Morgan fingerprint density at radius 1 is 1.46 bits per heavy atom. The summed E-state index contributed by atoms with van der Waals surface area (Å²) in [6, 6.07) is 1.29. The highest BCUT2D eigenvalue weighted by Crippen LogP contribution is 2.23. The summed E-state index contributed by atoms with van der Waals surface area (Å²) < 4.78 is 0. The summed E-state index contributed by atoms with van der Waals surface area (Å²) in [5.41, 5.74) is 6.02. The second-order valence-corrected chi connectivity index (χ2v) is 4.22. The maximum Gasteiger partial charge on any atom is 0.0558 e. The number of hydrogen-bond acceptors (Lipinski definition) is 3. The molecule has 0 aromatic heterocycles. The van der Waals surface area contributed by atoms with Crippen molar-refractivity contribution in [3.05, 3.63) is 0 Å². The smallest absolute Gasteiger partial charge is 0.0558 e. The Kier molecular flexibility index (Phi) is 4.16. The van der Waals surface area contributed by atoms with E-state index in [9.17, 15) is 0 Å². The van der Waals surface area contributed by atoms with Gasteiger partial charge in [-0.15, -0.1) is 0 Å². The van der Waals surface area contributed by atoms with Crippen LogP contribution in [0.5, 0.6) is 0 Å². The first kappa shape index (κ1) is 11.0. The van der Waals surface area contributed by atoms with Crippen molar-refractivity contribution in [2.45, 2.75) is 51.2 Å². The van der Waals surface area contributed by atoms with Crippen LogP contribution in [0.15, 0.2) is 0 Å². The summed E-state index contributed by atoms with van der Waals surface area (Å²) in [5, 5.41) is 8.95. The summed E-state index contributed by atoms with van der Waals surface area (Å²) in [7, 11) is 0. The van der Waals surface area contributed by atoms with E-state index < -0.39 is 0 Å². The van der Waals surface area contributed by atoms with Crippen LogP contribution in [0, 0.1) is 0 Å². The SMILES string of the molecule is CC(C)N(CCO)C1CCCC1N. The molecular weight excluding hydrogens is 164 g/mol. The topological polar surface area (TPSA) is 49.5 Å². The minimum atomic E-state index is 0.238. The van der Waals surface area contributed by atoms with Gasteiger partial charge in [0.1, 0.15) is 0 Å². The Hall–Kier alpha value is -0.120. The van der Waals surface area contributed by atoms with E-state index >= 15 is 0 Å². The molecule has 2 unspecified atom stereocenters. The van der Waals surface area contributed by atoms with E-state index in [1.54, 1.807) is 0 Å². The summed E-state index contributed by atoms with van der Waals surface area (Å²) in [5.74, 6) is 0. The summed E-state index contributed by atoms with van der Waals surface area (Å²) in [6.45, 7) is 5.33. The van der Waals surface area contributed by atoms with Crippen LogP contribution < -0.4 is 5.73 Å². The highest BCUT2D eigenvalue weighted by atomic mass is 16.3. The summed E-state index contributed by atoms with van der Waals surface area (Å²) in [4.78, 5) is 2.33. The average molecular weight is 186 g/mol. The van der Waals surface area contributed by atoms with Gasteiger partial charge >= 0.3 is 0 Å². The van der Waals surface area contributed by atoms with Gasteiger partial charge in [0.15, 0.2) is 0 Å². The quantitative estimate of drug-likeness (QED) is 0.675. The van der Waals surface area contributed by atoms with Crippen molar-refractivity contribution in [1.29, 1.82) is 0 Å². The van der Waals surface area contributed by atoms with Gasteiger partial charge in [-0.1, -0.05) is 6.42 Å². The first-order valence-electron chi connectivity index (χ1n) is 5.29. The molecule has 0 heterocycles. The zero-order valence-electron chi connectivity index (χ0n) is 8.74. The molecule has 0 amide bonds. The minimum absolute atomic E-state index is 0.238. The van der Waals surface area contributed by atoms with Crippen LogP contribution in [0.4, 0.5) is 0 Å². The van der Waals surface area contributed by atoms with Gasteiger partial charge in [0.2, 0.25) is 0 Å². The maximum atomic E-state index is 8.95. The van der Waals surface area contributed by atoms with Crippen molar-refractivity contribution in [3.8, 4) is 0 Å². The Balaban J connectivity index is 2.52. The van der Waals surface area contributed by atoms with Crippen molar-refractivity contribution in [3.63, 3.8) is 0 Å². The lowest BCUT2D eigenvalue weighted by Crippen LogP contribution is -2.48. The highest BCUT2D eigenvalue weighted by molar-refractivity contribution is 4.89. The van der Waals surface area contributed by atoms with E-state index in [1.807, 2.05) is 0 Å². The van der Waals surface area contributed by atoms with Crippen LogP contribution in [0.3, 0.4) is 0 Å². The van der Waals surface area contributed by atoms with Gasteiger partial charge in [0.05, 0.1) is 6.61 Å². The van der Waals surface area contributed by atoms with Crippen LogP contribution in [-0.2, 0) is 0 Å². The van der Waals surface area contributed by atoms with Crippen molar-refractivity contribution in [2.24, 2.45) is 5.73 Å². The van der Waals surface area contributed by atoms with E-state index in [1.165, 1.54) is 12.8 Å². The van der Waals surface area contributed by atoms with Gasteiger partial charge in [-0.25, -0.2) is 0 Å². The average Bonchev–Trinajstić information content (AvgIpc) is 2.47. The van der Waals surface area contributed by atoms with Crippen molar-refractivity contribution < 1.29 is 5.11 Å². The van der Waals surface area contributed by atoms with Crippen LogP contribution in [-0.4, -0.2) is 41.3 Å². The van der Waals surface area contributed by atoms with Gasteiger partial charge < -0.3 is 10.8 Å². The molecule has 0 aliphatic heterocycles. The Labute approximate surface area is 80.9 Å². The standard InChI is InChI=1S/C10H22N2O/c1-8(2)12(6-7-13)10-5-3-4-9(10)11/h8-10,13H,3-7,11H2,1-2H3. The molecule has 0 spiro atoms. The molecule has 1 rings (SSSR count). The van der Waals surface area contributed by atoms with Crippen molar-refractivity contribution in [2.75, 3.05) is 13.2 Å². The number of rotatable bonds is 4. The third-order valence-corrected chi connectivity index (χ3v) is 2.98. The third kappa shape index (κ3) is 2.66. The molecule has 0 radical (unpaired) electrons. The van der Waals surface area contributed by atoms with Gasteiger partial charge in [-0.05, 0) is 26.7 Å². The van der Waals surface area contributed by atoms with Gasteiger partial charge in [0.25, 0.3) is 0 Å². The van der Waals surface area contributed by atoms with Crippen molar-refractivity contribution in [1.82, 2.24) is 4.90 Å². The normalized spacial score (nSPS) is 29.1.